The number of hydrogen-bond donors (Lipinski definition) is 1. The zero-order valence-electron chi connectivity index (χ0n) is 12.6. The third kappa shape index (κ3) is 3.20. The number of rotatable bonds is 3. The second kappa shape index (κ2) is 7.03. The largest absolute Gasteiger partial charge is 0.330 e. The van der Waals surface area contributed by atoms with Crippen LogP contribution < -0.4 is 5.73 Å². The second-order valence-electron chi connectivity index (χ2n) is 5.60. The van der Waals surface area contributed by atoms with Gasteiger partial charge in [-0.05, 0) is 18.4 Å². The fourth-order valence-electron chi connectivity index (χ4n) is 3.02. The summed E-state index contributed by atoms with van der Waals surface area (Å²) in [5, 5.41) is 2.65. The number of nitrogens with two attached hydrogens (primary N) is 1. The molecule has 2 heterocycles. The Hall–Kier alpha value is -1.72. The van der Waals surface area contributed by atoms with Crippen LogP contribution in [0.4, 0.5) is 0 Å². The maximum absolute atomic E-state index is 12.9. The lowest BCUT2D eigenvalue weighted by atomic mass is 10.0. The molecule has 22 heavy (non-hydrogen) atoms. The maximum atomic E-state index is 12.9. The number of carbonyl (C=O) groups is 1. The molecule has 1 aliphatic rings. The van der Waals surface area contributed by atoms with Gasteiger partial charge in [0.15, 0.2) is 0 Å². The molecule has 0 bridgehead atoms. The minimum atomic E-state index is 0.0340. The summed E-state index contributed by atoms with van der Waals surface area (Å²) in [7, 11) is 0. The van der Waals surface area contributed by atoms with Crippen LogP contribution in [0.3, 0.4) is 0 Å². The summed E-state index contributed by atoms with van der Waals surface area (Å²) in [6.45, 7) is 1.19. The summed E-state index contributed by atoms with van der Waals surface area (Å²) >= 11 is 1.46. The molecule has 4 nitrogen and oxygen atoms in total. The van der Waals surface area contributed by atoms with E-state index in [0.29, 0.717) is 12.2 Å². The van der Waals surface area contributed by atoms with Gasteiger partial charge in [0, 0.05) is 18.5 Å². The van der Waals surface area contributed by atoms with Crippen molar-refractivity contribution >= 4 is 17.2 Å². The van der Waals surface area contributed by atoms with E-state index in [1.165, 1.54) is 23.3 Å². The Bertz CT molecular complexity index is 626. The topological polar surface area (TPSA) is 59.2 Å². The fraction of sp³-hybridized carbons (Fsp3) is 0.412. The van der Waals surface area contributed by atoms with Gasteiger partial charge in [-0.15, -0.1) is 11.3 Å². The molecular formula is C17H21N3OS. The van der Waals surface area contributed by atoms with Crippen molar-refractivity contribution in [2.24, 2.45) is 5.73 Å². The second-order valence-corrected chi connectivity index (χ2v) is 6.55. The molecule has 1 aliphatic heterocycles. The number of amides is 1. The van der Waals surface area contributed by atoms with Gasteiger partial charge in [-0.1, -0.05) is 43.2 Å². The Morgan fingerprint density at radius 2 is 2.09 bits per heavy atom. The molecule has 1 amide bonds. The molecule has 3 rings (SSSR count). The standard InChI is InChI=1S/C17H21N3OS/c18-11-16-19-14(12-22-16)17(21)20-10-6-2-5-9-15(20)13-7-3-1-4-8-13/h1,3-4,7-8,12,15H,2,5-6,9-11,18H2. The number of likely N-dealkylation sites (tertiary alicyclic amines) is 1. The van der Waals surface area contributed by atoms with E-state index in [-0.39, 0.29) is 11.9 Å². The molecule has 0 radical (unpaired) electrons. The molecule has 1 aromatic heterocycles. The minimum absolute atomic E-state index is 0.0340. The number of benzene rings is 1. The van der Waals surface area contributed by atoms with Gasteiger partial charge in [-0.2, -0.15) is 0 Å². The molecule has 1 fully saturated rings. The first-order valence-corrected chi connectivity index (χ1v) is 8.68. The van der Waals surface area contributed by atoms with E-state index >= 15 is 0 Å². The van der Waals surface area contributed by atoms with Crippen LogP contribution in [0.2, 0.25) is 0 Å². The van der Waals surface area contributed by atoms with Crippen molar-refractivity contribution < 1.29 is 4.79 Å². The smallest absolute Gasteiger partial charge is 0.273 e. The predicted octanol–water partition coefficient (Wildman–Crippen LogP) is 3.36. The average Bonchev–Trinajstić information content (AvgIpc) is 2.92. The zero-order chi connectivity index (χ0) is 15.4. The number of aromatic nitrogens is 1. The zero-order valence-corrected chi connectivity index (χ0v) is 13.4. The molecule has 116 valence electrons. The summed E-state index contributed by atoms with van der Waals surface area (Å²) in [5.74, 6) is 0.0340. The van der Waals surface area contributed by atoms with Gasteiger partial charge in [0.25, 0.3) is 5.91 Å². The number of nitrogens with zero attached hydrogens (tertiary/aromatic N) is 2. The van der Waals surface area contributed by atoms with Crippen molar-refractivity contribution in [3.63, 3.8) is 0 Å². The van der Waals surface area contributed by atoms with E-state index in [2.05, 4.69) is 17.1 Å². The number of carbonyl (C=O) groups excluding carboxylic acids is 1. The van der Waals surface area contributed by atoms with Crippen molar-refractivity contribution in [2.75, 3.05) is 6.54 Å². The molecule has 1 saturated heterocycles. The van der Waals surface area contributed by atoms with Crippen LogP contribution in [-0.4, -0.2) is 22.3 Å². The number of thiazole rings is 1. The van der Waals surface area contributed by atoms with Crippen molar-refractivity contribution in [1.82, 2.24) is 9.88 Å². The third-order valence-corrected chi connectivity index (χ3v) is 5.01. The first-order valence-electron chi connectivity index (χ1n) is 7.80. The molecular weight excluding hydrogens is 294 g/mol. The normalized spacial score (nSPS) is 19.0. The van der Waals surface area contributed by atoms with Crippen LogP contribution in [0.5, 0.6) is 0 Å². The van der Waals surface area contributed by atoms with Crippen molar-refractivity contribution in [3.05, 3.63) is 52.0 Å². The lowest BCUT2D eigenvalue weighted by Gasteiger charge is -2.30. The summed E-state index contributed by atoms with van der Waals surface area (Å²) in [5.41, 5.74) is 7.36. The van der Waals surface area contributed by atoms with E-state index in [0.717, 1.165) is 30.8 Å². The van der Waals surface area contributed by atoms with E-state index in [4.69, 9.17) is 5.73 Å². The van der Waals surface area contributed by atoms with Crippen molar-refractivity contribution in [1.29, 1.82) is 0 Å². The van der Waals surface area contributed by atoms with Crippen LogP contribution in [0, 0.1) is 0 Å². The summed E-state index contributed by atoms with van der Waals surface area (Å²) in [6, 6.07) is 10.5. The van der Waals surface area contributed by atoms with Gasteiger partial charge >= 0.3 is 0 Å². The fourth-order valence-corrected chi connectivity index (χ4v) is 3.67. The molecule has 1 atom stereocenters. The Balaban J connectivity index is 1.88. The Kier molecular flexibility index (Phi) is 4.85. The molecule has 0 spiro atoms. The van der Waals surface area contributed by atoms with Crippen LogP contribution in [0.15, 0.2) is 35.7 Å². The van der Waals surface area contributed by atoms with Gasteiger partial charge < -0.3 is 10.6 Å². The van der Waals surface area contributed by atoms with Crippen LogP contribution >= 0.6 is 11.3 Å². The summed E-state index contributed by atoms with van der Waals surface area (Å²) in [6.07, 6.45) is 4.42. The molecule has 2 N–H and O–H groups in total. The quantitative estimate of drug-likeness (QED) is 0.945. The van der Waals surface area contributed by atoms with E-state index in [9.17, 15) is 4.79 Å². The first-order chi connectivity index (χ1) is 10.8. The van der Waals surface area contributed by atoms with E-state index < -0.39 is 0 Å². The highest BCUT2D eigenvalue weighted by Crippen LogP contribution is 2.31. The highest BCUT2D eigenvalue weighted by molar-refractivity contribution is 7.09. The van der Waals surface area contributed by atoms with Crippen LogP contribution in [0.1, 0.15) is 52.8 Å². The van der Waals surface area contributed by atoms with Gasteiger partial charge in [0.2, 0.25) is 0 Å². The van der Waals surface area contributed by atoms with Crippen molar-refractivity contribution in [2.45, 2.75) is 38.3 Å². The van der Waals surface area contributed by atoms with Gasteiger partial charge in [-0.25, -0.2) is 4.98 Å². The molecule has 5 heteroatoms. The SMILES string of the molecule is NCc1nc(C(=O)N2CCCCCC2c2ccccc2)cs1. The van der Waals surface area contributed by atoms with Crippen LogP contribution in [0.25, 0.3) is 0 Å². The highest BCUT2D eigenvalue weighted by Gasteiger charge is 2.28. The number of hydrogen-bond acceptors (Lipinski definition) is 4. The predicted molar refractivity (Wildman–Crippen MR) is 88.7 cm³/mol. The Labute approximate surface area is 135 Å². The van der Waals surface area contributed by atoms with Gasteiger partial charge in [-0.3, -0.25) is 4.79 Å². The molecule has 1 unspecified atom stereocenters. The monoisotopic (exact) mass is 315 g/mol. The molecule has 1 aromatic carbocycles. The maximum Gasteiger partial charge on any atom is 0.273 e. The van der Waals surface area contributed by atoms with Gasteiger partial charge in [0.1, 0.15) is 10.7 Å². The molecule has 2 aromatic rings. The summed E-state index contributed by atoms with van der Waals surface area (Å²) in [4.78, 5) is 19.3. The molecule has 0 aliphatic carbocycles. The van der Waals surface area contributed by atoms with Crippen molar-refractivity contribution in [3.8, 4) is 0 Å². The lowest BCUT2D eigenvalue weighted by molar-refractivity contribution is 0.0675. The van der Waals surface area contributed by atoms with E-state index in [1.54, 1.807) is 0 Å². The Morgan fingerprint density at radius 3 is 2.82 bits per heavy atom. The first kappa shape index (κ1) is 15.2. The van der Waals surface area contributed by atoms with Gasteiger partial charge in [0.05, 0.1) is 6.04 Å². The highest BCUT2D eigenvalue weighted by atomic mass is 32.1. The molecule has 0 saturated carbocycles. The average molecular weight is 315 g/mol. The van der Waals surface area contributed by atoms with E-state index in [1.807, 2.05) is 28.5 Å². The summed E-state index contributed by atoms with van der Waals surface area (Å²) < 4.78 is 0. The van der Waals surface area contributed by atoms with Crippen LogP contribution in [-0.2, 0) is 6.54 Å². The Morgan fingerprint density at radius 1 is 1.27 bits per heavy atom. The lowest BCUT2D eigenvalue weighted by Crippen LogP contribution is -2.35. The third-order valence-electron chi connectivity index (χ3n) is 4.14. The minimum Gasteiger partial charge on any atom is -0.330 e.